The molecule has 0 aliphatic rings. The Morgan fingerprint density at radius 2 is 1.71 bits per heavy atom. The summed E-state index contributed by atoms with van der Waals surface area (Å²) < 4.78 is 0. The van der Waals surface area contributed by atoms with Gasteiger partial charge in [-0.1, -0.05) is 6.92 Å². The van der Waals surface area contributed by atoms with Crippen molar-refractivity contribution in [1.82, 2.24) is 16.0 Å². The van der Waals surface area contributed by atoms with Crippen LogP contribution < -0.4 is 16.0 Å². The molecule has 0 bridgehead atoms. The van der Waals surface area contributed by atoms with E-state index in [1.165, 1.54) is 0 Å². The molecule has 0 aliphatic carbocycles. The number of amides is 2. The summed E-state index contributed by atoms with van der Waals surface area (Å²) >= 11 is 0. The van der Waals surface area contributed by atoms with Crippen LogP contribution in [0.3, 0.4) is 0 Å². The van der Waals surface area contributed by atoms with Crippen LogP contribution in [0.25, 0.3) is 0 Å². The van der Waals surface area contributed by atoms with Crippen LogP contribution in [0.15, 0.2) is 0 Å². The third kappa shape index (κ3) is 7.54. The second-order valence-corrected chi connectivity index (χ2v) is 2.98. The van der Waals surface area contributed by atoms with Crippen LogP contribution in [0, 0.1) is 0 Å². The zero-order valence-electron chi connectivity index (χ0n) is 8.85. The molecule has 5 nitrogen and oxygen atoms in total. The highest BCUT2D eigenvalue weighted by Gasteiger charge is 2.01. The maximum absolute atomic E-state index is 11.1. The molecule has 3 N–H and O–H groups in total. The van der Waals surface area contributed by atoms with Crippen molar-refractivity contribution in [3.63, 3.8) is 0 Å². The molecule has 0 fully saturated rings. The Bertz CT molecular complexity index is 183. The molecule has 0 aliphatic heterocycles. The topological polar surface area (TPSA) is 70.2 Å². The van der Waals surface area contributed by atoms with Gasteiger partial charge in [0.1, 0.15) is 0 Å². The van der Waals surface area contributed by atoms with Crippen molar-refractivity contribution in [2.45, 2.75) is 19.8 Å². The monoisotopic (exact) mass is 201 g/mol. The molecule has 14 heavy (non-hydrogen) atoms. The van der Waals surface area contributed by atoms with Gasteiger partial charge >= 0.3 is 0 Å². The molecule has 0 saturated carbocycles. The molecule has 0 unspecified atom stereocenters. The molecule has 0 aromatic carbocycles. The molecule has 0 rings (SSSR count). The Hall–Kier alpha value is -1.10. The van der Waals surface area contributed by atoms with Gasteiger partial charge in [-0.05, 0) is 13.5 Å². The molecule has 0 aromatic heterocycles. The quantitative estimate of drug-likeness (QED) is 0.507. The minimum atomic E-state index is -0.0872. The van der Waals surface area contributed by atoms with E-state index in [1.807, 2.05) is 6.92 Å². The zero-order valence-corrected chi connectivity index (χ0v) is 8.85. The smallest absolute Gasteiger partial charge is 0.233 e. The molecular formula is C9H19N3O2. The minimum absolute atomic E-state index is 0.0170. The van der Waals surface area contributed by atoms with Crippen molar-refractivity contribution in [3.8, 4) is 0 Å². The fourth-order valence-corrected chi connectivity index (χ4v) is 0.891. The Morgan fingerprint density at radius 3 is 2.29 bits per heavy atom. The van der Waals surface area contributed by atoms with Crippen LogP contribution in [-0.4, -0.2) is 38.5 Å². The number of hydrogen-bond acceptors (Lipinski definition) is 3. The number of nitrogens with one attached hydrogen (secondary N) is 3. The average Bonchev–Trinajstić information content (AvgIpc) is 2.15. The highest BCUT2D eigenvalue weighted by Crippen LogP contribution is 1.78. The van der Waals surface area contributed by atoms with E-state index < -0.39 is 0 Å². The van der Waals surface area contributed by atoms with Crippen LogP contribution in [0.2, 0.25) is 0 Å². The third-order valence-electron chi connectivity index (χ3n) is 1.58. The standard InChI is InChI=1S/C9H19N3O2/c1-3-5-11-8(13)4-6-12-9(14)7-10-2/h10H,3-7H2,1-2H3,(H,11,13)(H,12,14). The van der Waals surface area contributed by atoms with Crippen molar-refractivity contribution < 1.29 is 9.59 Å². The van der Waals surface area contributed by atoms with E-state index in [9.17, 15) is 9.59 Å². The van der Waals surface area contributed by atoms with E-state index in [0.29, 0.717) is 19.5 Å². The van der Waals surface area contributed by atoms with Crippen LogP contribution in [-0.2, 0) is 9.59 Å². The first-order chi connectivity index (χ1) is 6.70. The summed E-state index contributed by atoms with van der Waals surface area (Å²) in [5.41, 5.74) is 0. The zero-order chi connectivity index (χ0) is 10.8. The molecule has 2 amide bonds. The van der Waals surface area contributed by atoms with Crippen molar-refractivity contribution >= 4 is 11.8 Å². The normalized spacial score (nSPS) is 9.57. The van der Waals surface area contributed by atoms with E-state index >= 15 is 0 Å². The van der Waals surface area contributed by atoms with Crippen molar-refractivity contribution in [2.75, 3.05) is 26.7 Å². The van der Waals surface area contributed by atoms with E-state index in [4.69, 9.17) is 0 Å². The summed E-state index contributed by atoms with van der Waals surface area (Å²) in [6.45, 7) is 3.38. The van der Waals surface area contributed by atoms with Gasteiger partial charge in [-0.25, -0.2) is 0 Å². The Balaban J connectivity index is 3.34. The van der Waals surface area contributed by atoms with Gasteiger partial charge < -0.3 is 16.0 Å². The predicted molar refractivity (Wildman–Crippen MR) is 54.9 cm³/mol. The molecule has 0 radical (unpaired) electrons. The first-order valence-corrected chi connectivity index (χ1v) is 4.88. The summed E-state index contributed by atoms with van der Waals surface area (Å²) in [6, 6.07) is 0. The first-order valence-electron chi connectivity index (χ1n) is 4.88. The van der Waals surface area contributed by atoms with Gasteiger partial charge in [0, 0.05) is 19.5 Å². The van der Waals surface area contributed by atoms with Crippen molar-refractivity contribution in [1.29, 1.82) is 0 Å². The van der Waals surface area contributed by atoms with Gasteiger partial charge in [-0.15, -0.1) is 0 Å². The van der Waals surface area contributed by atoms with E-state index in [1.54, 1.807) is 7.05 Å². The minimum Gasteiger partial charge on any atom is -0.356 e. The number of likely N-dealkylation sites (N-methyl/N-ethyl adjacent to an activating group) is 1. The lowest BCUT2D eigenvalue weighted by molar-refractivity contribution is -0.121. The fraction of sp³-hybridized carbons (Fsp3) is 0.778. The van der Waals surface area contributed by atoms with Gasteiger partial charge in [0.15, 0.2) is 0 Å². The summed E-state index contributed by atoms with van der Waals surface area (Å²) in [4.78, 5) is 22.0. The Kier molecular flexibility index (Phi) is 7.83. The predicted octanol–water partition coefficient (Wildman–Crippen LogP) is -0.762. The molecule has 0 aromatic rings. The van der Waals surface area contributed by atoms with Gasteiger partial charge in [0.05, 0.1) is 6.54 Å². The molecule has 82 valence electrons. The van der Waals surface area contributed by atoms with Gasteiger partial charge in [-0.3, -0.25) is 9.59 Å². The Morgan fingerprint density at radius 1 is 1.07 bits per heavy atom. The second kappa shape index (κ2) is 8.50. The van der Waals surface area contributed by atoms with Gasteiger partial charge in [-0.2, -0.15) is 0 Å². The number of carbonyl (C=O) groups excluding carboxylic acids is 2. The lowest BCUT2D eigenvalue weighted by Crippen LogP contribution is -2.35. The number of carbonyl (C=O) groups is 2. The first kappa shape index (κ1) is 12.9. The highest BCUT2D eigenvalue weighted by molar-refractivity contribution is 5.80. The van der Waals surface area contributed by atoms with Gasteiger partial charge in [0.2, 0.25) is 11.8 Å². The molecular weight excluding hydrogens is 182 g/mol. The van der Waals surface area contributed by atoms with Crippen LogP contribution >= 0.6 is 0 Å². The lowest BCUT2D eigenvalue weighted by atomic mass is 10.3. The van der Waals surface area contributed by atoms with E-state index in [-0.39, 0.29) is 18.4 Å². The number of hydrogen-bond donors (Lipinski definition) is 3. The largest absolute Gasteiger partial charge is 0.356 e. The summed E-state index contributed by atoms with van der Waals surface area (Å²) in [5, 5.41) is 8.09. The molecule has 0 spiro atoms. The van der Waals surface area contributed by atoms with E-state index in [0.717, 1.165) is 6.42 Å². The maximum Gasteiger partial charge on any atom is 0.233 e. The van der Waals surface area contributed by atoms with Gasteiger partial charge in [0.25, 0.3) is 0 Å². The fourth-order valence-electron chi connectivity index (χ4n) is 0.891. The van der Waals surface area contributed by atoms with Crippen LogP contribution in [0.5, 0.6) is 0 Å². The maximum atomic E-state index is 11.1. The van der Waals surface area contributed by atoms with Crippen molar-refractivity contribution in [2.24, 2.45) is 0 Å². The van der Waals surface area contributed by atoms with Crippen LogP contribution in [0.4, 0.5) is 0 Å². The summed E-state index contributed by atoms with van der Waals surface area (Å²) in [7, 11) is 1.70. The van der Waals surface area contributed by atoms with Crippen LogP contribution in [0.1, 0.15) is 19.8 Å². The summed E-state index contributed by atoms with van der Waals surface area (Å²) in [6.07, 6.45) is 1.27. The molecule has 5 heteroatoms. The number of rotatable bonds is 7. The molecule has 0 heterocycles. The molecule has 0 atom stereocenters. The summed E-state index contributed by atoms with van der Waals surface area (Å²) in [5.74, 6) is -0.104. The lowest BCUT2D eigenvalue weighted by Gasteiger charge is -2.05. The van der Waals surface area contributed by atoms with E-state index in [2.05, 4.69) is 16.0 Å². The van der Waals surface area contributed by atoms with Crippen molar-refractivity contribution in [3.05, 3.63) is 0 Å². The SMILES string of the molecule is CCCNC(=O)CCNC(=O)CNC. The second-order valence-electron chi connectivity index (χ2n) is 2.98. The highest BCUT2D eigenvalue weighted by atomic mass is 16.2. The third-order valence-corrected chi connectivity index (χ3v) is 1.58. The average molecular weight is 201 g/mol. The Labute approximate surface area is 84.6 Å². The molecule has 0 saturated heterocycles.